The first-order chi connectivity index (χ1) is 9.88. The van der Waals surface area contributed by atoms with E-state index >= 15 is 0 Å². The van der Waals surface area contributed by atoms with Crippen LogP contribution in [0.25, 0.3) is 0 Å². The molecule has 1 fully saturated rings. The molecule has 2 heterocycles. The van der Waals surface area contributed by atoms with E-state index in [1.165, 1.54) is 0 Å². The largest absolute Gasteiger partial charge is 0.481 e. The molecular weight excluding hydrogens is 272 g/mol. The fourth-order valence-electron chi connectivity index (χ4n) is 2.58. The molecule has 0 atom stereocenters. The Morgan fingerprint density at radius 2 is 1.81 bits per heavy atom. The van der Waals surface area contributed by atoms with Crippen molar-refractivity contribution in [2.24, 2.45) is 0 Å². The van der Waals surface area contributed by atoms with Crippen LogP contribution in [0, 0.1) is 13.8 Å². The summed E-state index contributed by atoms with van der Waals surface area (Å²) in [5, 5.41) is 13.2. The lowest BCUT2D eigenvalue weighted by atomic mass is 10.1. The number of hydrogen-bond acceptors (Lipinski definition) is 4. The van der Waals surface area contributed by atoms with Crippen LogP contribution in [0.15, 0.2) is 0 Å². The van der Waals surface area contributed by atoms with Crippen LogP contribution in [0.5, 0.6) is 0 Å². The lowest BCUT2D eigenvalue weighted by Crippen LogP contribution is -2.48. The summed E-state index contributed by atoms with van der Waals surface area (Å²) in [6.45, 7) is 7.00. The summed E-state index contributed by atoms with van der Waals surface area (Å²) in [6, 6.07) is 0. The van der Waals surface area contributed by atoms with Crippen molar-refractivity contribution in [1.82, 2.24) is 19.6 Å². The molecule has 7 heteroatoms. The van der Waals surface area contributed by atoms with Crippen LogP contribution in [0.2, 0.25) is 0 Å². The molecule has 1 N–H and O–H groups in total. The number of rotatable bonds is 4. The molecule has 0 aliphatic carbocycles. The molecule has 0 aromatic carbocycles. The zero-order valence-electron chi connectivity index (χ0n) is 12.8. The molecule has 0 spiro atoms. The molecule has 1 saturated heterocycles. The molecule has 1 aromatic rings. The summed E-state index contributed by atoms with van der Waals surface area (Å²) in [4.78, 5) is 27.2. The second kappa shape index (κ2) is 6.26. The van der Waals surface area contributed by atoms with E-state index in [1.54, 1.807) is 11.6 Å². The van der Waals surface area contributed by atoms with Crippen LogP contribution in [-0.4, -0.2) is 69.8 Å². The van der Waals surface area contributed by atoms with E-state index < -0.39 is 5.97 Å². The Morgan fingerprint density at radius 1 is 1.19 bits per heavy atom. The molecule has 0 radical (unpaired) electrons. The van der Waals surface area contributed by atoms with Crippen LogP contribution in [0.1, 0.15) is 17.0 Å². The smallest absolute Gasteiger partial charge is 0.307 e. The number of carbonyl (C=O) groups is 2. The van der Waals surface area contributed by atoms with Gasteiger partial charge >= 0.3 is 5.97 Å². The number of hydrogen-bond donors (Lipinski definition) is 1. The number of carboxylic acid groups (broad SMARTS) is 1. The summed E-state index contributed by atoms with van der Waals surface area (Å²) in [5.74, 6) is -0.846. The minimum atomic E-state index is -0.883. The van der Waals surface area contributed by atoms with Crippen molar-refractivity contribution in [3.63, 3.8) is 0 Å². The first kappa shape index (κ1) is 15.5. The Balaban J connectivity index is 2.06. The molecule has 1 aliphatic heterocycles. The average molecular weight is 294 g/mol. The van der Waals surface area contributed by atoms with E-state index in [4.69, 9.17) is 5.11 Å². The van der Waals surface area contributed by atoms with E-state index in [0.29, 0.717) is 11.3 Å². The molecule has 0 saturated carbocycles. The van der Waals surface area contributed by atoms with E-state index in [2.05, 4.69) is 10.00 Å². The molecule has 1 aliphatic rings. The third-order valence-electron chi connectivity index (χ3n) is 4.00. The van der Waals surface area contributed by atoms with E-state index in [0.717, 1.165) is 31.9 Å². The van der Waals surface area contributed by atoms with Crippen LogP contribution < -0.4 is 0 Å². The van der Waals surface area contributed by atoms with Gasteiger partial charge in [0.1, 0.15) is 6.54 Å². The molecule has 0 unspecified atom stereocenters. The normalized spacial score (nSPS) is 16.2. The minimum absolute atomic E-state index is 0.0376. The maximum atomic E-state index is 12.3. The standard InChI is InChI=1S/C14H22N4O3/c1-10-12(8-14(20)21)11(2)18(15-10)9-13(19)17-6-4-16(3)5-7-17/h4-9H2,1-3H3,(H,20,21). The zero-order chi connectivity index (χ0) is 15.6. The maximum Gasteiger partial charge on any atom is 0.307 e. The highest BCUT2D eigenvalue weighted by Crippen LogP contribution is 2.14. The van der Waals surface area contributed by atoms with Gasteiger partial charge in [0, 0.05) is 37.4 Å². The highest BCUT2D eigenvalue weighted by atomic mass is 16.4. The summed E-state index contributed by atoms with van der Waals surface area (Å²) in [5.41, 5.74) is 2.15. The van der Waals surface area contributed by atoms with Crippen molar-refractivity contribution < 1.29 is 14.7 Å². The van der Waals surface area contributed by atoms with Crippen LogP contribution >= 0.6 is 0 Å². The number of amides is 1. The number of nitrogens with zero attached hydrogens (tertiary/aromatic N) is 4. The lowest BCUT2D eigenvalue weighted by molar-refractivity contribution is -0.136. The van der Waals surface area contributed by atoms with Crippen molar-refractivity contribution in [2.45, 2.75) is 26.8 Å². The number of aliphatic carboxylic acids is 1. The predicted octanol–water partition coefficient (Wildman–Crippen LogP) is -0.0990. The third kappa shape index (κ3) is 3.60. The average Bonchev–Trinajstić information content (AvgIpc) is 2.67. The van der Waals surface area contributed by atoms with Crippen molar-refractivity contribution in [3.8, 4) is 0 Å². The van der Waals surface area contributed by atoms with Gasteiger partial charge in [-0.1, -0.05) is 0 Å². The zero-order valence-corrected chi connectivity index (χ0v) is 12.8. The Hall–Kier alpha value is -1.89. The number of aromatic nitrogens is 2. The first-order valence-electron chi connectivity index (χ1n) is 7.09. The summed E-state index contributed by atoms with van der Waals surface area (Å²) in [6.07, 6.45) is -0.0552. The highest BCUT2D eigenvalue weighted by Gasteiger charge is 2.21. The summed E-state index contributed by atoms with van der Waals surface area (Å²) >= 11 is 0. The van der Waals surface area contributed by atoms with Crippen molar-refractivity contribution in [1.29, 1.82) is 0 Å². The number of piperazine rings is 1. The summed E-state index contributed by atoms with van der Waals surface area (Å²) in [7, 11) is 2.04. The van der Waals surface area contributed by atoms with Gasteiger partial charge in [-0.25, -0.2) is 0 Å². The van der Waals surface area contributed by atoms with Crippen molar-refractivity contribution in [2.75, 3.05) is 33.2 Å². The number of aryl methyl sites for hydroxylation is 1. The maximum absolute atomic E-state index is 12.3. The van der Waals surface area contributed by atoms with Gasteiger partial charge in [-0.3, -0.25) is 14.3 Å². The van der Waals surface area contributed by atoms with Gasteiger partial charge < -0.3 is 14.9 Å². The van der Waals surface area contributed by atoms with Crippen molar-refractivity contribution >= 4 is 11.9 Å². The molecule has 2 rings (SSSR count). The van der Waals surface area contributed by atoms with Gasteiger partial charge in [0.05, 0.1) is 12.1 Å². The predicted molar refractivity (Wildman–Crippen MR) is 77.1 cm³/mol. The fraction of sp³-hybridized carbons (Fsp3) is 0.643. The van der Waals surface area contributed by atoms with E-state index in [1.807, 2.05) is 18.9 Å². The first-order valence-corrected chi connectivity index (χ1v) is 7.09. The van der Waals surface area contributed by atoms with Gasteiger partial charge in [0.2, 0.25) is 5.91 Å². The van der Waals surface area contributed by atoms with Crippen LogP contribution in [0.4, 0.5) is 0 Å². The van der Waals surface area contributed by atoms with E-state index in [9.17, 15) is 9.59 Å². The molecule has 7 nitrogen and oxygen atoms in total. The van der Waals surface area contributed by atoms with Crippen LogP contribution in [-0.2, 0) is 22.6 Å². The molecule has 116 valence electrons. The number of carboxylic acids is 1. The van der Waals surface area contributed by atoms with Gasteiger partial charge in [-0.2, -0.15) is 5.10 Å². The van der Waals surface area contributed by atoms with Crippen LogP contribution in [0.3, 0.4) is 0 Å². The Morgan fingerprint density at radius 3 is 2.38 bits per heavy atom. The highest BCUT2D eigenvalue weighted by molar-refractivity contribution is 5.76. The quantitative estimate of drug-likeness (QED) is 0.839. The summed E-state index contributed by atoms with van der Waals surface area (Å²) < 4.78 is 1.62. The van der Waals surface area contributed by atoms with Gasteiger partial charge in [-0.05, 0) is 20.9 Å². The molecule has 1 amide bonds. The minimum Gasteiger partial charge on any atom is -0.481 e. The third-order valence-corrected chi connectivity index (χ3v) is 4.00. The number of likely N-dealkylation sites (N-methyl/N-ethyl adjacent to an activating group) is 1. The Kier molecular flexibility index (Phi) is 4.62. The van der Waals surface area contributed by atoms with Gasteiger partial charge in [0.15, 0.2) is 0 Å². The lowest BCUT2D eigenvalue weighted by Gasteiger charge is -2.32. The fourth-order valence-corrected chi connectivity index (χ4v) is 2.58. The second-order valence-corrected chi connectivity index (χ2v) is 5.56. The van der Waals surface area contributed by atoms with Gasteiger partial charge in [0.25, 0.3) is 0 Å². The Bertz CT molecular complexity index is 545. The number of carbonyl (C=O) groups excluding carboxylic acids is 1. The SMILES string of the molecule is Cc1nn(CC(=O)N2CCN(C)CC2)c(C)c1CC(=O)O. The Labute approximate surface area is 124 Å². The molecular formula is C14H22N4O3. The van der Waals surface area contributed by atoms with Gasteiger partial charge in [-0.15, -0.1) is 0 Å². The molecule has 0 bridgehead atoms. The second-order valence-electron chi connectivity index (χ2n) is 5.56. The van der Waals surface area contributed by atoms with Crippen molar-refractivity contribution in [3.05, 3.63) is 17.0 Å². The van der Waals surface area contributed by atoms with E-state index in [-0.39, 0.29) is 18.9 Å². The monoisotopic (exact) mass is 294 g/mol. The molecule has 21 heavy (non-hydrogen) atoms. The molecule has 1 aromatic heterocycles. The topological polar surface area (TPSA) is 78.7 Å².